The maximum atomic E-state index is 12.2. The van der Waals surface area contributed by atoms with Crippen molar-refractivity contribution < 1.29 is 4.79 Å². The van der Waals surface area contributed by atoms with E-state index < -0.39 is 0 Å². The van der Waals surface area contributed by atoms with Gasteiger partial charge < -0.3 is 5.32 Å². The number of carbonyl (C=O) groups excluding carboxylic acids is 1. The lowest BCUT2D eigenvalue weighted by molar-refractivity contribution is -0.115. The van der Waals surface area contributed by atoms with Crippen molar-refractivity contribution in [3.63, 3.8) is 0 Å². The molecule has 0 aliphatic carbocycles. The summed E-state index contributed by atoms with van der Waals surface area (Å²) in [6, 6.07) is 19.0. The summed E-state index contributed by atoms with van der Waals surface area (Å²) in [6.45, 7) is 0. The quantitative estimate of drug-likeness (QED) is 0.530. The lowest BCUT2D eigenvalue weighted by atomic mass is 10.1. The summed E-state index contributed by atoms with van der Waals surface area (Å²) in [6.07, 6.45) is 1.93. The van der Waals surface area contributed by atoms with Gasteiger partial charge >= 0.3 is 0 Å². The molecule has 0 fully saturated rings. The van der Waals surface area contributed by atoms with Crippen LogP contribution < -0.4 is 5.32 Å². The number of anilines is 1. The number of rotatable bonds is 4. The van der Waals surface area contributed by atoms with E-state index in [9.17, 15) is 4.79 Å². The Morgan fingerprint density at radius 2 is 1.85 bits per heavy atom. The van der Waals surface area contributed by atoms with Crippen molar-refractivity contribution in [3.05, 3.63) is 77.4 Å². The number of halogens is 1. The second kappa shape index (κ2) is 7.23. The molecule has 6 heteroatoms. The first kappa shape index (κ1) is 16.7. The van der Waals surface area contributed by atoms with Crippen molar-refractivity contribution in [2.75, 3.05) is 5.32 Å². The Hall–Kier alpha value is -2.76. The summed E-state index contributed by atoms with van der Waals surface area (Å²) in [7, 11) is 0. The molecule has 0 unspecified atom stereocenters. The molecule has 2 heterocycles. The molecule has 128 valence electrons. The molecule has 0 radical (unpaired) electrons. The minimum atomic E-state index is -0.154. The SMILES string of the molecule is O=C(Cc1ccccc1Cl)Nc1ccc(-c2nc3ccccc3s2)cn1. The van der Waals surface area contributed by atoms with Gasteiger partial charge in [-0.05, 0) is 35.9 Å². The average molecular weight is 380 g/mol. The van der Waals surface area contributed by atoms with Crippen LogP contribution in [0.15, 0.2) is 66.9 Å². The minimum absolute atomic E-state index is 0.154. The van der Waals surface area contributed by atoms with Crippen molar-refractivity contribution in [2.24, 2.45) is 0 Å². The standard InChI is InChI=1S/C20H14ClN3OS/c21-15-6-2-1-5-13(15)11-19(25)24-18-10-9-14(12-22-18)20-23-16-7-3-4-8-17(16)26-20/h1-10,12H,11H2,(H,22,24,25). The van der Waals surface area contributed by atoms with Crippen LogP contribution in [0.1, 0.15) is 5.56 Å². The van der Waals surface area contributed by atoms with Gasteiger partial charge in [-0.1, -0.05) is 41.9 Å². The Labute approximate surface area is 159 Å². The van der Waals surface area contributed by atoms with Gasteiger partial charge in [0.25, 0.3) is 0 Å². The van der Waals surface area contributed by atoms with Gasteiger partial charge in [-0.15, -0.1) is 11.3 Å². The van der Waals surface area contributed by atoms with Crippen molar-refractivity contribution in [1.29, 1.82) is 0 Å². The van der Waals surface area contributed by atoms with E-state index in [-0.39, 0.29) is 12.3 Å². The summed E-state index contributed by atoms with van der Waals surface area (Å²) in [5, 5.41) is 4.29. The van der Waals surface area contributed by atoms with Gasteiger partial charge in [-0.2, -0.15) is 0 Å². The zero-order valence-corrected chi connectivity index (χ0v) is 15.2. The molecule has 4 aromatic rings. The normalized spacial score (nSPS) is 10.8. The van der Waals surface area contributed by atoms with Crippen LogP contribution in [0, 0.1) is 0 Å². The predicted molar refractivity (Wildman–Crippen MR) is 107 cm³/mol. The molecule has 0 aliphatic rings. The van der Waals surface area contributed by atoms with Crippen LogP contribution in [0.25, 0.3) is 20.8 Å². The average Bonchev–Trinajstić information content (AvgIpc) is 3.08. The fraction of sp³-hybridized carbons (Fsp3) is 0.0500. The number of pyridine rings is 1. The van der Waals surface area contributed by atoms with E-state index in [1.54, 1.807) is 29.7 Å². The highest BCUT2D eigenvalue weighted by atomic mass is 35.5. The number of amides is 1. The molecule has 1 N–H and O–H groups in total. The molecule has 4 rings (SSSR count). The molecule has 1 amide bonds. The van der Waals surface area contributed by atoms with Gasteiger partial charge in [0.15, 0.2) is 0 Å². The molecule has 0 aliphatic heterocycles. The Balaban J connectivity index is 1.47. The smallest absolute Gasteiger partial charge is 0.230 e. The molecule has 4 nitrogen and oxygen atoms in total. The number of fused-ring (bicyclic) bond motifs is 1. The van der Waals surface area contributed by atoms with E-state index in [1.807, 2.05) is 48.5 Å². The van der Waals surface area contributed by atoms with Crippen LogP contribution in [0.3, 0.4) is 0 Å². The maximum Gasteiger partial charge on any atom is 0.230 e. The number of nitrogens with zero attached hydrogens (tertiary/aromatic N) is 2. The Morgan fingerprint density at radius 3 is 2.62 bits per heavy atom. The van der Waals surface area contributed by atoms with E-state index in [4.69, 9.17) is 11.6 Å². The minimum Gasteiger partial charge on any atom is -0.310 e. The fourth-order valence-electron chi connectivity index (χ4n) is 2.59. The number of nitrogens with one attached hydrogen (secondary N) is 1. The Kier molecular flexibility index (Phi) is 4.65. The van der Waals surface area contributed by atoms with E-state index in [2.05, 4.69) is 15.3 Å². The second-order valence-corrected chi connectivity index (χ2v) is 7.17. The lowest BCUT2D eigenvalue weighted by Gasteiger charge is -2.06. The van der Waals surface area contributed by atoms with Gasteiger partial charge in [-0.25, -0.2) is 9.97 Å². The molecular formula is C20H14ClN3OS. The third-order valence-corrected chi connectivity index (χ3v) is 5.33. The van der Waals surface area contributed by atoms with E-state index in [0.717, 1.165) is 26.4 Å². The van der Waals surface area contributed by atoms with E-state index >= 15 is 0 Å². The Morgan fingerprint density at radius 1 is 1.04 bits per heavy atom. The number of aromatic nitrogens is 2. The number of carbonyl (C=O) groups is 1. The molecule has 0 saturated carbocycles. The van der Waals surface area contributed by atoms with E-state index in [1.165, 1.54) is 0 Å². The summed E-state index contributed by atoms with van der Waals surface area (Å²) in [5.41, 5.74) is 2.69. The number of hydrogen-bond donors (Lipinski definition) is 1. The first-order chi connectivity index (χ1) is 12.7. The lowest BCUT2D eigenvalue weighted by Crippen LogP contribution is -2.15. The number of hydrogen-bond acceptors (Lipinski definition) is 4. The third-order valence-electron chi connectivity index (χ3n) is 3.88. The molecular weight excluding hydrogens is 366 g/mol. The van der Waals surface area contributed by atoms with Gasteiger partial charge in [0.05, 0.1) is 16.6 Å². The molecule has 2 aromatic heterocycles. The van der Waals surface area contributed by atoms with Crippen molar-refractivity contribution in [3.8, 4) is 10.6 Å². The second-order valence-electron chi connectivity index (χ2n) is 5.74. The molecule has 2 aromatic carbocycles. The van der Waals surface area contributed by atoms with Crippen LogP contribution in [0.2, 0.25) is 5.02 Å². The fourth-order valence-corrected chi connectivity index (χ4v) is 3.75. The first-order valence-electron chi connectivity index (χ1n) is 8.04. The highest BCUT2D eigenvalue weighted by molar-refractivity contribution is 7.21. The molecule has 0 spiro atoms. The largest absolute Gasteiger partial charge is 0.310 e. The monoisotopic (exact) mass is 379 g/mol. The summed E-state index contributed by atoms with van der Waals surface area (Å²) in [4.78, 5) is 21.1. The van der Waals surface area contributed by atoms with Crippen LogP contribution in [0.4, 0.5) is 5.82 Å². The van der Waals surface area contributed by atoms with Gasteiger partial charge in [-0.3, -0.25) is 4.79 Å². The number of para-hydroxylation sites is 1. The highest BCUT2D eigenvalue weighted by Gasteiger charge is 2.09. The van der Waals surface area contributed by atoms with Crippen molar-refractivity contribution in [1.82, 2.24) is 9.97 Å². The first-order valence-corrected chi connectivity index (χ1v) is 9.24. The van der Waals surface area contributed by atoms with Gasteiger partial charge in [0.1, 0.15) is 10.8 Å². The summed E-state index contributed by atoms with van der Waals surface area (Å²) >= 11 is 7.71. The zero-order valence-electron chi connectivity index (χ0n) is 13.6. The molecule has 0 bridgehead atoms. The Bertz CT molecular complexity index is 1040. The van der Waals surface area contributed by atoms with Crippen LogP contribution >= 0.6 is 22.9 Å². The van der Waals surface area contributed by atoms with Crippen molar-refractivity contribution >= 4 is 44.9 Å². The summed E-state index contributed by atoms with van der Waals surface area (Å²) in [5.74, 6) is 0.352. The van der Waals surface area contributed by atoms with Crippen LogP contribution in [0.5, 0.6) is 0 Å². The number of thiazole rings is 1. The van der Waals surface area contributed by atoms with Crippen LogP contribution in [-0.2, 0) is 11.2 Å². The third kappa shape index (κ3) is 3.59. The molecule has 0 saturated heterocycles. The van der Waals surface area contributed by atoms with Crippen LogP contribution in [-0.4, -0.2) is 15.9 Å². The van der Waals surface area contributed by atoms with Gasteiger partial charge in [0, 0.05) is 16.8 Å². The molecule has 0 atom stereocenters. The van der Waals surface area contributed by atoms with Gasteiger partial charge in [0.2, 0.25) is 5.91 Å². The topological polar surface area (TPSA) is 54.9 Å². The zero-order chi connectivity index (χ0) is 17.9. The number of benzene rings is 2. The maximum absolute atomic E-state index is 12.2. The van der Waals surface area contributed by atoms with Crippen molar-refractivity contribution in [2.45, 2.75) is 6.42 Å². The molecule has 26 heavy (non-hydrogen) atoms. The summed E-state index contributed by atoms with van der Waals surface area (Å²) < 4.78 is 1.14. The van der Waals surface area contributed by atoms with E-state index in [0.29, 0.717) is 10.8 Å². The predicted octanol–water partition coefficient (Wildman–Crippen LogP) is 5.19. The highest BCUT2D eigenvalue weighted by Crippen LogP contribution is 2.29.